The number of anilines is 1. The number of hydrogen-bond acceptors (Lipinski definition) is 4. The van der Waals surface area contributed by atoms with E-state index in [1.54, 1.807) is 14.0 Å². The lowest BCUT2D eigenvalue weighted by atomic mass is 9.76. The highest BCUT2D eigenvalue weighted by Gasteiger charge is 2.33. The summed E-state index contributed by atoms with van der Waals surface area (Å²) in [6, 6.07) is 17.5. The molecule has 4 nitrogen and oxygen atoms in total. The number of carbonyl (C=O) groups excluding carboxylic acids is 1. The molecule has 0 fully saturated rings. The van der Waals surface area contributed by atoms with Gasteiger partial charge in [0.2, 0.25) is 0 Å². The van der Waals surface area contributed by atoms with Crippen molar-refractivity contribution in [3.63, 3.8) is 0 Å². The van der Waals surface area contributed by atoms with Crippen molar-refractivity contribution in [2.45, 2.75) is 27.2 Å². The van der Waals surface area contributed by atoms with Crippen molar-refractivity contribution >= 4 is 17.2 Å². The van der Waals surface area contributed by atoms with Crippen molar-refractivity contribution in [3.8, 4) is 5.75 Å². The Hall–Kier alpha value is -2.62. The number of rotatable bonds is 7. The molecule has 0 radical (unpaired) electrons. The van der Waals surface area contributed by atoms with Crippen molar-refractivity contribution in [2.24, 2.45) is 10.5 Å². The quantitative estimate of drug-likeness (QED) is 0.609. The highest BCUT2D eigenvalue weighted by atomic mass is 16.5. The van der Waals surface area contributed by atoms with E-state index < -0.39 is 5.41 Å². The highest BCUT2D eigenvalue weighted by molar-refractivity contribution is 6.07. The number of hydrogen-bond donors (Lipinski definition) is 1. The summed E-state index contributed by atoms with van der Waals surface area (Å²) in [5, 5.41) is 4.44. The Kier molecular flexibility index (Phi) is 5.74. The van der Waals surface area contributed by atoms with E-state index >= 15 is 0 Å². The summed E-state index contributed by atoms with van der Waals surface area (Å²) in [4.78, 5) is 12.3. The zero-order chi connectivity index (χ0) is 17.6. The van der Waals surface area contributed by atoms with Gasteiger partial charge in [0, 0.05) is 5.71 Å². The van der Waals surface area contributed by atoms with Gasteiger partial charge >= 0.3 is 0 Å². The third-order valence-electron chi connectivity index (χ3n) is 4.39. The molecule has 0 saturated heterocycles. The smallest absolute Gasteiger partial charge is 0.141 e. The summed E-state index contributed by atoms with van der Waals surface area (Å²) in [5.41, 5.74) is 5.04. The zero-order valence-corrected chi connectivity index (χ0v) is 14.7. The molecule has 1 N–H and O–H groups in total. The molecule has 0 unspecified atom stereocenters. The molecule has 2 aromatic carbocycles. The number of carbonyl (C=O) groups is 1. The van der Waals surface area contributed by atoms with Crippen molar-refractivity contribution in [2.75, 3.05) is 12.5 Å². The van der Waals surface area contributed by atoms with Gasteiger partial charge in [-0.3, -0.25) is 10.2 Å². The van der Waals surface area contributed by atoms with Gasteiger partial charge in [-0.25, -0.2) is 0 Å². The third kappa shape index (κ3) is 4.22. The molecule has 1 atom stereocenters. The van der Waals surface area contributed by atoms with Crippen LogP contribution in [0.1, 0.15) is 26.3 Å². The topological polar surface area (TPSA) is 50.7 Å². The molecule has 0 aromatic heterocycles. The molecule has 0 saturated carbocycles. The average molecular weight is 324 g/mol. The van der Waals surface area contributed by atoms with Crippen LogP contribution in [0.4, 0.5) is 5.69 Å². The van der Waals surface area contributed by atoms with Crippen LogP contribution in [0.2, 0.25) is 0 Å². The second kappa shape index (κ2) is 7.77. The fraction of sp³-hybridized carbons (Fsp3) is 0.300. The van der Waals surface area contributed by atoms with Crippen LogP contribution in [0, 0.1) is 5.41 Å². The van der Waals surface area contributed by atoms with Gasteiger partial charge in [0.25, 0.3) is 0 Å². The summed E-state index contributed by atoms with van der Waals surface area (Å²) in [6.07, 6.45) is 0.575. The molecule has 0 aliphatic carbocycles. The van der Waals surface area contributed by atoms with E-state index in [2.05, 4.69) is 10.5 Å². The molecule has 0 bridgehead atoms. The van der Waals surface area contributed by atoms with Crippen molar-refractivity contribution in [3.05, 3.63) is 60.2 Å². The van der Waals surface area contributed by atoms with Crippen LogP contribution in [0.3, 0.4) is 0 Å². The number of benzene rings is 2. The van der Waals surface area contributed by atoms with Gasteiger partial charge in [0.15, 0.2) is 0 Å². The number of ether oxygens (including phenoxy) is 1. The maximum Gasteiger partial charge on any atom is 0.141 e. The van der Waals surface area contributed by atoms with E-state index in [0.717, 1.165) is 22.7 Å². The van der Waals surface area contributed by atoms with Crippen molar-refractivity contribution < 1.29 is 9.53 Å². The lowest BCUT2D eigenvalue weighted by molar-refractivity contribution is -0.122. The first-order valence-corrected chi connectivity index (χ1v) is 7.95. The minimum atomic E-state index is -0.672. The molecule has 4 heteroatoms. The van der Waals surface area contributed by atoms with Crippen LogP contribution < -0.4 is 10.2 Å². The molecule has 126 valence electrons. The van der Waals surface area contributed by atoms with E-state index in [-0.39, 0.29) is 5.78 Å². The van der Waals surface area contributed by atoms with Gasteiger partial charge in [0.05, 0.1) is 18.2 Å². The first-order valence-electron chi connectivity index (χ1n) is 7.95. The molecule has 0 spiro atoms. The predicted molar refractivity (Wildman–Crippen MR) is 98.7 cm³/mol. The molecular weight excluding hydrogens is 300 g/mol. The van der Waals surface area contributed by atoms with Crippen LogP contribution in [-0.2, 0) is 11.2 Å². The fourth-order valence-corrected chi connectivity index (χ4v) is 2.48. The van der Waals surface area contributed by atoms with E-state index in [9.17, 15) is 4.79 Å². The predicted octanol–water partition coefficient (Wildman–Crippen LogP) is 4.32. The standard InChI is InChI=1S/C20H24N2O2/c1-15(21-22-18-10-6-5-7-11-18)20(3,16(2)23)14-17-9-8-12-19(13-17)24-4/h5-13,22H,14H2,1-4H3/b21-15+/t20-/m1/s1. The number of para-hydroxylation sites is 1. The monoisotopic (exact) mass is 324 g/mol. The molecule has 0 amide bonds. The summed E-state index contributed by atoms with van der Waals surface area (Å²) in [6.45, 7) is 5.43. The lowest BCUT2D eigenvalue weighted by Gasteiger charge is -2.27. The van der Waals surface area contributed by atoms with Crippen LogP contribution in [0.5, 0.6) is 5.75 Å². The zero-order valence-electron chi connectivity index (χ0n) is 14.7. The highest BCUT2D eigenvalue weighted by Crippen LogP contribution is 2.28. The number of ketones is 1. The van der Waals surface area contributed by atoms with Crippen LogP contribution in [-0.4, -0.2) is 18.6 Å². The van der Waals surface area contributed by atoms with Gasteiger partial charge in [-0.05, 0) is 57.0 Å². The fourth-order valence-electron chi connectivity index (χ4n) is 2.48. The molecule has 2 aromatic rings. The first-order chi connectivity index (χ1) is 11.5. The summed E-state index contributed by atoms with van der Waals surface area (Å²) in [7, 11) is 1.64. The molecule has 24 heavy (non-hydrogen) atoms. The van der Waals surface area contributed by atoms with E-state index in [1.165, 1.54) is 0 Å². The molecular formula is C20H24N2O2. The Morgan fingerprint density at radius 1 is 1.12 bits per heavy atom. The van der Waals surface area contributed by atoms with Gasteiger partial charge in [0.1, 0.15) is 11.5 Å². The van der Waals surface area contributed by atoms with Gasteiger partial charge < -0.3 is 4.74 Å². The van der Waals surface area contributed by atoms with Gasteiger partial charge in [-0.1, -0.05) is 30.3 Å². The largest absolute Gasteiger partial charge is 0.497 e. The number of methoxy groups -OCH3 is 1. The second-order valence-corrected chi connectivity index (χ2v) is 6.09. The Morgan fingerprint density at radius 2 is 1.83 bits per heavy atom. The Morgan fingerprint density at radius 3 is 2.46 bits per heavy atom. The number of nitrogens with zero attached hydrogens (tertiary/aromatic N) is 1. The van der Waals surface area contributed by atoms with Gasteiger partial charge in [-0.15, -0.1) is 0 Å². The maximum atomic E-state index is 12.3. The molecule has 0 heterocycles. The minimum absolute atomic E-state index is 0.0847. The maximum absolute atomic E-state index is 12.3. The van der Waals surface area contributed by atoms with Crippen LogP contribution in [0.15, 0.2) is 59.7 Å². The van der Waals surface area contributed by atoms with Gasteiger partial charge in [-0.2, -0.15) is 5.10 Å². The SMILES string of the molecule is COc1cccc(C[C@@](C)(C(C)=O)/C(C)=N/Nc2ccccc2)c1. The summed E-state index contributed by atoms with van der Waals surface area (Å²) in [5.74, 6) is 0.872. The molecule has 0 aliphatic rings. The van der Waals surface area contributed by atoms with Crippen molar-refractivity contribution in [1.29, 1.82) is 0 Å². The summed E-state index contributed by atoms with van der Waals surface area (Å²) < 4.78 is 5.27. The number of nitrogens with one attached hydrogen (secondary N) is 1. The van der Waals surface area contributed by atoms with Crippen molar-refractivity contribution in [1.82, 2.24) is 0 Å². The van der Waals surface area contributed by atoms with E-state index in [4.69, 9.17) is 4.74 Å². The minimum Gasteiger partial charge on any atom is -0.497 e. The van der Waals surface area contributed by atoms with E-state index in [0.29, 0.717) is 6.42 Å². The van der Waals surface area contributed by atoms with E-state index in [1.807, 2.05) is 68.4 Å². The normalized spacial score (nSPS) is 13.9. The number of hydrazone groups is 1. The van der Waals surface area contributed by atoms with Crippen LogP contribution >= 0.6 is 0 Å². The van der Waals surface area contributed by atoms with Crippen LogP contribution in [0.25, 0.3) is 0 Å². The number of Topliss-reactive ketones (excluding diaryl/α,β-unsaturated/α-hetero) is 1. The Bertz CT molecular complexity index is 725. The average Bonchev–Trinajstić information content (AvgIpc) is 2.60. The Balaban J connectivity index is 2.23. The second-order valence-electron chi connectivity index (χ2n) is 6.09. The summed E-state index contributed by atoms with van der Waals surface area (Å²) >= 11 is 0. The molecule has 2 rings (SSSR count). The lowest BCUT2D eigenvalue weighted by Crippen LogP contribution is -2.36. The third-order valence-corrected chi connectivity index (χ3v) is 4.39. The molecule has 0 aliphatic heterocycles. The Labute approximate surface area is 143 Å². The first kappa shape index (κ1) is 17.7.